The average Bonchev–Trinajstić information content (AvgIpc) is 2.97. The second-order valence-corrected chi connectivity index (χ2v) is 16.6. The lowest BCUT2D eigenvalue weighted by Gasteiger charge is -2.40. The topological polar surface area (TPSA) is 147 Å². The fourth-order valence-electron chi connectivity index (χ4n) is 4.68. The first-order valence-electron chi connectivity index (χ1n) is 15.0. The van der Waals surface area contributed by atoms with Crippen LogP contribution in [-0.2, 0) is 55.7 Å². The van der Waals surface area contributed by atoms with E-state index in [0.29, 0.717) is 24.6 Å². The lowest BCUT2D eigenvalue weighted by Crippen LogP contribution is -2.55. The van der Waals surface area contributed by atoms with Crippen LogP contribution in [0.4, 0.5) is 4.79 Å². The molecule has 1 amide bonds. The molecule has 2 aliphatic rings. The second kappa shape index (κ2) is 19.0. The van der Waals surface area contributed by atoms with Crippen molar-refractivity contribution < 1.29 is 44.2 Å². The predicted molar refractivity (Wildman–Crippen MR) is 187 cm³/mol. The van der Waals surface area contributed by atoms with Gasteiger partial charge < -0.3 is 19.5 Å². The van der Waals surface area contributed by atoms with Gasteiger partial charge in [0.2, 0.25) is 0 Å². The van der Waals surface area contributed by atoms with Gasteiger partial charge in [-0.25, -0.2) is 4.79 Å². The second-order valence-electron chi connectivity index (χ2n) is 12.4. The number of rotatable bonds is 10. The standard InChI is InChI=1S/C18H26ClNO6S.C13H18ClNO4S.ClH/c1-18(2,3)26-17(21)20-10-16(12-25-27(4,22)23)24-11-15(20)9-13-5-7-14(19)8-6-13;1-20(16,17)19-9-13-7-15-12(8-18-13)6-10-2-4-11(14)5-3-10;/h5-8,15-16H,9-12H2,1-4H3;2-5,12-13,15H,6-9H2,1H3;1H/t15-,16+;12-,13+;/m00./s1. The van der Waals surface area contributed by atoms with E-state index in [1.54, 1.807) is 37.8 Å². The first kappa shape index (κ1) is 42.4. The third-order valence-corrected chi connectivity index (χ3v) is 8.51. The van der Waals surface area contributed by atoms with Crippen LogP contribution in [0.5, 0.6) is 0 Å². The highest BCUT2D eigenvalue weighted by atomic mass is 35.5. The minimum Gasteiger partial charge on any atom is -0.444 e. The van der Waals surface area contributed by atoms with Crippen LogP contribution in [-0.4, -0.2) is 110 Å². The zero-order valence-electron chi connectivity index (χ0n) is 27.6. The Hall–Kier alpha value is -1.72. The molecule has 0 aliphatic carbocycles. The molecule has 0 saturated carbocycles. The smallest absolute Gasteiger partial charge is 0.410 e. The van der Waals surface area contributed by atoms with Crippen LogP contribution in [0.1, 0.15) is 31.9 Å². The van der Waals surface area contributed by atoms with Crippen molar-refractivity contribution in [3.05, 3.63) is 69.7 Å². The SMILES string of the molecule is CC(C)(C)OC(=O)N1C[C@H](COS(C)(=O)=O)OC[C@@H]1Cc1ccc(Cl)cc1.CS(=O)(=O)OC[C@H]1CN[C@@H](Cc2ccc(Cl)cc2)CO1.Cl. The van der Waals surface area contributed by atoms with Crippen LogP contribution in [0.2, 0.25) is 10.0 Å². The van der Waals surface area contributed by atoms with E-state index in [4.69, 9.17) is 45.8 Å². The Labute approximate surface area is 300 Å². The van der Waals surface area contributed by atoms with Crippen LogP contribution in [0.25, 0.3) is 0 Å². The average molecular weight is 776 g/mol. The molecule has 4 atom stereocenters. The first-order valence-corrected chi connectivity index (χ1v) is 19.4. The molecule has 2 aromatic rings. The highest BCUT2D eigenvalue weighted by Gasteiger charge is 2.35. The maximum absolute atomic E-state index is 12.7. The Morgan fingerprint density at radius 1 is 0.833 bits per heavy atom. The number of amides is 1. The number of nitrogens with zero attached hydrogens (tertiary/aromatic N) is 1. The van der Waals surface area contributed by atoms with Crippen LogP contribution >= 0.6 is 35.6 Å². The summed E-state index contributed by atoms with van der Waals surface area (Å²) in [5, 5.41) is 4.70. The molecule has 2 aliphatic heterocycles. The van der Waals surface area contributed by atoms with Crippen molar-refractivity contribution in [3.8, 4) is 0 Å². The van der Waals surface area contributed by atoms with Crippen molar-refractivity contribution >= 4 is 61.9 Å². The summed E-state index contributed by atoms with van der Waals surface area (Å²) >= 11 is 11.8. The molecule has 2 aromatic carbocycles. The van der Waals surface area contributed by atoms with E-state index in [0.717, 1.165) is 29.5 Å². The summed E-state index contributed by atoms with van der Waals surface area (Å²) in [5.74, 6) is 0. The largest absolute Gasteiger partial charge is 0.444 e. The summed E-state index contributed by atoms with van der Waals surface area (Å²) in [5.41, 5.74) is 1.55. The molecular formula is C31H45Cl3N2O10S2. The maximum atomic E-state index is 12.7. The van der Waals surface area contributed by atoms with Gasteiger partial charge in [-0.05, 0) is 69.0 Å². The van der Waals surface area contributed by atoms with E-state index >= 15 is 0 Å². The van der Waals surface area contributed by atoms with Crippen molar-refractivity contribution in [1.29, 1.82) is 0 Å². The first-order chi connectivity index (χ1) is 21.8. The Bertz CT molecular complexity index is 1500. The summed E-state index contributed by atoms with van der Waals surface area (Å²) in [4.78, 5) is 14.3. The monoisotopic (exact) mass is 774 g/mol. The Kier molecular flexibility index (Phi) is 16.8. The van der Waals surface area contributed by atoms with Crippen LogP contribution in [0, 0.1) is 0 Å². The maximum Gasteiger partial charge on any atom is 0.410 e. The van der Waals surface area contributed by atoms with Gasteiger partial charge in [-0.15, -0.1) is 12.4 Å². The third kappa shape index (κ3) is 16.8. The zero-order chi connectivity index (χ0) is 34.8. The van der Waals surface area contributed by atoms with Crippen LogP contribution in [0.3, 0.4) is 0 Å². The number of ether oxygens (including phenoxy) is 3. The Balaban J connectivity index is 0.000000340. The number of morpholine rings is 2. The highest BCUT2D eigenvalue weighted by Crippen LogP contribution is 2.22. The van der Waals surface area contributed by atoms with Gasteiger partial charge >= 0.3 is 6.09 Å². The summed E-state index contributed by atoms with van der Waals surface area (Å²) in [7, 11) is -6.99. The van der Waals surface area contributed by atoms with Crippen molar-refractivity contribution in [2.24, 2.45) is 0 Å². The van der Waals surface area contributed by atoms with E-state index < -0.39 is 38.0 Å². The Morgan fingerprint density at radius 2 is 1.31 bits per heavy atom. The number of hydrogen-bond donors (Lipinski definition) is 1. The highest BCUT2D eigenvalue weighted by molar-refractivity contribution is 7.86. The van der Waals surface area contributed by atoms with Crippen LogP contribution in [0.15, 0.2) is 48.5 Å². The molecule has 4 rings (SSSR count). The molecule has 0 bridgehead atoms. The fourth-order valence-corrected chi connectivity index (χ4v) is 5.73. The Morgan fingerprint density at radius 3 is 1.77 bits per heavy atom. The molecule has 2 heterocycles. The molecule has 272 valence electrons. The number of nitrogens with one attached hydrogen (secondary N) is 1. The number of halogens is 3. The third-order valence-electron chi connectivity index (χ3n) is 6.88. The summed E-state index contributed by atoms with van der Waals surface area (Å²) < 4.78 is 70.6. The van der Waals surface area contributed by atoms with Gasteiger partial charge in [-0.2, -0.15) is 16.8 Å². The van der Waals surface area contributed by atoms with Gasteiger partial charge in [-0.3, -0.25) is 13.3 Å². The normalized spacial score (nSPS) is 21.8. The summed E-state index contributed by atoms with van der Waals surface area (Å²) in [6.45, 7) is 6.83. The molecular weight excluding hydrogens is 731 g/mol. The van der Waals surface area contributed by atoms with Gasteiger partial charge in [0.25, 0.3) is 20.2 Å². The fraction of sp³-hybridized carbons (Fsp3) is 0.581. The van der Waals surface area contributed by atoms with Gasteiger partial charge in [0.1, 0.15) is 11.7 Å². The van der Waals surface area contributed by atoms with Gasteiger partial charge in [0.05, 0.1) is 57.6 Å². The van der Waals surface area contributed by atoms with Crippen molar-refractivity contribution in [2.45, 2.75) is 63.5 Å². The summed E-state index contributed by atoms with van der Waals surface area (Å²) in [6.07, 6.45) is 2.18. The van der Waals surface area contributed by atoms with Crippen molar-refractivity contribution in [3.63, 3.8) is 0 Å². The molecule has 48 heavy (non-hydrogen) atoms. The molecule has 2 fully saturated rings. The molecule has 0 unspecified atom stereocenters. The number of carbonyl (C=O) groups excluding carboxylic acids is 1. The molecule has 0 radical (unpaired) electrons. The van der Waals surface area contributed by atoms with Gasteiger partial charge in [-0.1, -0.05) is 47.5 Å². The molecule has 0 spiro atoms. The molecule has 1 N–H and O–H groups in total. The van der Waals surface area contributed by atoms with Gasteiger partial charge in [0.15, 0.2) is 0 Å². The summed E-state index contributed by atoms with van der Waals surface area (Å²) in [6, 6.07) is 15.1. The van der Waals surface area contributed by atoms with E-state index in [9.17, 15) is 21.6 Å². The molecule has 2 saturated heterocycles. The van der Waals surface area contributed by atoms with E-state index in [1.165, 1.54) is 5.56 Å². The van der Waals surface area contributed by atoms with E-state index in [1.807, 2.05) is 36.4 Å². The zero-order valence-corrected chi connectivity index (χ0v) is 31.6. The minimum atomic E-state index is -3.58. The number of benzene rings is 2. The molecule has 12 nitrogen and oxygen atoms in total. The van der Waals surface area contributed by atoms with E-state index in [-0.39, 0.29) is 57.0 Å². The lowest BCUT2D eigenvalue weighted by molar-refractivity contribution is -0.0805. The van der Waals surface area contributed by atoms with Crippen molar-refractivity contribution in [1.82, 2.24) is 10.2 Å². The minimum absolute atomic E-state index is 0. The molecule has 17 heteroatoms. The van der Waals surface area contributed by atoms with Crippen LogP contribution < -0.4 is 5.32 Å². The predicted octanol–water partition coefficient (Wildman–Crippen LogP) is 4.50. The number of hydrogen-bond acceptors (Lipinski definition) is 11. The van der Waals surface area contributed by atoms with Crippen molar-refractivity contribution in [2.75, 3.05) is 52.0 Å². The molecule has 0 aromatic heterocycles. The van der Waals surface area contributed by atoms with E-state index in [2.05, 4.69) is 5.32 Å². The lowest BCUT2D eigenvalue weighted by atomic mass is 10.0. The number of carbonyl (C=O) groups is 1. The van der Waals surface area contributed by atoms with Gasteiger partial charge in [0, 0.05) is 22.6 Å². The quantitative estimate of drug-likeness (QED) is 0.341.